The molecular formula is C13H18ClFN2O. The number of halogens is 2. The Labute approximate surface area is 111 Å². The lowest BCUT2D eigenvalue weighted by Crippen LogP contribution is -2.30. The molecule has 100 valence electrons. The fourth-order valence-electron chi connectivity index (χ4n) is 2.58. The lowest BCUT2D eigenvalue weighted by Gasteiger charge is -2.28. The topological polar surface area (TPSA) is 49.5 Å². The molecule has 1 heterocycles. The molecule has 0 amide bonds. The van der Waals surface area contributed by atoms with Crippen molar-refractivity contribution in [2.75, 3.05) is 23.8 Å². The maximum Gasteiger partial charge on any atom is 0.143 e. The molecule has 0 aliphatic carbocycles. The molecule has 2 rings (SSSR count). The third kappa shape index (κ3) is 2.70. The molecule has 1 aliphatic rings. The zero-order chi connectivity index (χ0) is 13.1. The van der Waals surface area contributed by atoms with Gasteiger partial charge in [-0.05, 0) is 31.7 Å². The van der Waals surface area contributed by atoms with E-state index in [2.05, 4.69) is 4.90 Å². The van der Waals surface area contributed by atoms with E-state index in [1.165, 1.54) is 6.07 Å². The van der Waals surface area contributed by atoms with Gasteiger partial charge in [-0.3, -0.25) is 0 Å². The quantitative estimate of drug-likeness (QED) is 0.829. The lowest BCUT2D eigenvalue weighted by atomic mass is 10.1. The Bertz CT molecular complexity index is 428. The predicted octanol–water partition coefficient (Wildman–Crippen LogP) is 2.80. The van der Waals surface area contributed by atoms with Crippen LogP contribution in [-0.2, 0) is 0 Å². The van der Waals surface area contributed by atoms with Gasteiger partial charge in [-0.15, -0.1) is 0 Å². The number of aliphatic hydroxyl groups excluding tert-OH is 1. The highest BCUT2D eigenvalue weighted by Crippen LogP contribution is 2.35. The maximum absolute atomic E-state index is 13.3. The average molecular weight is 273 g/mol. The molecule has 18 heavy (non-hydrogen) atoms. The van der Waals surface area contributed by atoms with Crippen molar-refractivity contribution < 1.29 is 9.50 Å². The van der Waals surface area contributed by atoms with Crippen LogP contribution in [0.2, 0.25) is 5.02 Å². The third-order valence-electron chi connectivity index (χ3n) is 3.45. The van der Waals surface area contributed by atoms with Crippen LogP contribution in [0.1, 0.15) is 25.7 Å². The van der Waals surface area contributed by atoms with Crippen molar-refractivity contribution in [3.8, 4) is 0 Å². The molecule has 1 unspecified atom stereocenters. The van der Waals surface area contributed by atoms with Crippen molar-refractivity contribution in [2.24, 2.45) is 0 Å². The van der Waals surface area contributed by atoms with Crippen LogP contribution in [0, 0.1) is 5.82 Å². The van der Waals surface area contributed by atoms with Crippen molar-refractivity contribution in [2.45, 2.75) is 31.7 Å². The Morgan fingerprint density at radius 2 is 2.28 bits per heavy atom. The van der Waals surface area contributed by atoms with Crippen molar-refractivity contribution >= 4 is 23.0 Å². The minimum absolute atomic E-state index is 0.104. The molecule has 3 nitrogen and oxygen atoms in total. The van der Waals surface area contributed by atoms with Gasteiger partial charge in [-0.2, -0.15) is 0 Å². The summed E-state index contributed by atoms with van der Waals surface area (Å²) < 4.78 is 13.3. The normalized spacial score (nSPS) is 19.5. The molecule has 0 spiro atoms. The van der Waals surface area contributed by atoms with Gasteiger partial charge in [-0.1, -0.05) is 11.6 Å². The summed E-state index contributed by atoms with van der Waals surface area (Å²) in [7, 11) is 0. The molecule has 1 fully saturated rings. The van der Waals surface area contributed by atoms with E-state index in [1.807, 2.05) is 0 Å². The van der Waals surface area contributed by atoms with Gasteiger partial charge in [0, 0.05) is 25.3 Å². The fraction of sp³-hybridized carbons (Fsp3) is 0.538. The summed E-state index contributed by atoms with van der Waals surface area (Å²) in [6, 6.07) is 3.24. The van der Waals surface area contributed by atoms with Gasteiger partial charge in [0.1, 0.15) is 5.82 Å². The van der Waals surface area contributed by atoms with Gasteiger partial charge in [0.25, 0.3) is 0 Å². The number of hydrogen-bond donors (Lipinski definition) is 2. The largest absolute Gasteiger partial charge is 0.397 e. The average Bonchev–Trinajstić information content (AvgIpc) is 2.79. The molecule has 1 aromatic rings. The van der Waals surface area contributed by atoms with E-state index < -0.39 is 5.82 Å². The summed E-state index contributed by atoms with van der Waals surface area (Å²) in [5.74, 6) is -0.482. The number of benzene rings is 1. The van der Waals surface area contributed by atoms with E-state index in [4.69, 9.17) is 22.4 Å². The molecule has 1 atom stereocenters. The highest BCUT2D eigenvalue weighted by atomic mass is 35.5. The molecular weight excluding hydrogens is 255 g/mol. The van der Waals surface area contributed by atoms with Crippen LogP contribution in [0.15, 0.2) is 12.1 Å². The van der Waals surface area contributed by atoms with Crippen molar-refractivity contribution in [3.05, 3.63) is 23.0 Å². The Kier molecular flexibility index (Phi) is 4.30. The maximum atomic E-state index is 13.3. The predicted molar refractivity (Wildman–Crippen MR) is 72.5 cm³/mol. The van der Waals surface area contributed by atoms with Gasteiger partial charge in [0.15, 0.2) is 0 Å². The summed E-state index contributed by atoms with van der Waals surface area (Å²) in [5.41, 5.74) is 7.10. The first-order valence-corrected chi connectivity index (χ1v) is 6.63. The van der Waals surface area contributed by atoms with Crippen LogP contribution in [0.5, 0.6) is 0 Å². The Hall–Kier alpha value is -1.00. The molecule has 1 aromatic carbocycles. The molecule has 0 radical (unpaired) electrons. The van der Waals surface area contributed by atoms with E-state index in [1.54, 1.807) is 6.07 Å². The molecule has 3 N–H and O–H groups in total. The Morgan fingerprint density at radius 3 is 3.00 bits per heavy atom. The second-order valence-corrected chi connectivity index (χ2v) is 5.09. The van der Waals surface area contributed by atoms with Crippen LogP contribution in [0.3, 0.4) is 0 Å². The number of rotatable bonds is 4. The van der Waals surface area contributed by atoms with Gasteiger partial charge in [0.2, 0.25) is 0 Å². The van der Waals surface area contributed by atoms with Crippen molar-refractivity contribution in [1.82, 2.24) is 0 Å². The van der Waals surface area contributed by atoms with E-state index in [-0.39, 0.29) is 11.6 Å². The molecule has 0 aromatic heterocycles. The first kappa shape index (κ1) is 13.4. The number of nitrogens with two attached hydrogens (primary N) is 1. The zero-order valence-corrected chi connectivity index (χ0v) is 11.0. The van der Waals surface area contributed by atoms with Crippen LogP contribution in [0.4, 0.5) is 15.8 Å². The lowest BCUT2D eigenvalue weighted by molar-refractivity contribution is 0.279. The van der Waals surface area contributed by atoms with Crippen LogP contribution < -0.4 is 10.6 Å². The molecule has 1 aliphatic heterocycles. The Morgan fingerprint density at radius 1 is 1.50 bits per heavy atom. The van der Waals surface area contributed by atoms with E-state index in [9.17, 15) is 4.39 Å². The van der Waals surface area contributed by atoms with Gasteiger partial charge in [-0.25, -0.2) is 4.39 Å². The number of aliphatic hydroxyl groups is 1. The first-order valence-electron chi connectivity index (χ1n) is 6.25. The van der Waals surface area contributed by atoms with E-state index in [0.29, 0.717) is 11.7 Å². The van der Waals surface area contributed by atoms with Crippen molar-refractivity contribution in [1.29, 1.82) is 0 Å². The number of nitrogen functional groups attached to an aromatic ring is 1. The summed E-state index contributed by atoms with van der Waals surface area (Å²) in [6.07, 6.45) is 3.86. The summed E-state index contributed by atoms with van der Waals surface area (Å²) in [5, 5.41) is 9.01. The smallest absolute Gasteiger partial charge is 0.143 e. The van der Waals surface area contributed by atoms with Crippen LogP contribution >= 0.6 is 11.6 Å². The summed E-state index contributed by atoms with van der Waals surface area (Å²) >= 11 is 5.82. The highest BCUT2D eigenvalue weighted by Gasteiger charge is 2.26. The minimum atomic E-state index is -0.482. The fourth-order valence-corrected chi connectivity index (χ4v) is 2.74. The molecule has 1 saturated heterocycles. The summed E-state index contributed by atoms with van der Waals surface area (Å²) in [4.78, 5) is 2.18. The second kappa shape index (κ2) is 5.76. The monoisotopic (exact) mass is 272 g/mol. The SMILES string of the molecule is Nc1cc(F)c(Cl)cc1N1CCCC1CCCO. The highest BCUT2D eigenvalue weighted by molar-refractivity contribution is 6.31. The van der Waals surface area contributed by atoms with Gasteiger partial charge >= 0.3 is 0 Å². The van der Waals surface area contributed by atoms with E-state index in [0.717, 1.165) is 37.9 Å². The molecule has 5 heteroatoms. The number of anilines is 2. The van der Waals surface area contributed by atoms with Crippen LogP contribution in [-0.4, -0.2) is 24.3 Å². The van der Waals surface area contributed by atoms with Gasteiger partial charge < -0.3 is 15.7 Å². The number of hydrogen-bond acceptors (Lipinski definition) is 3. The summed E-state index contributed by atoms with van der Waals surface area (Å²) in [6.45, 7) is 1.10. The first-order chi connectivity index (χ1) is 8.63. The number of nitrogens with zero attached hydrogens (tertiary/aromatic N) is 1. The van der Waals surface area contributed by atoms with E-state index >= 15 is 0 Å². The molecule has 0 saturated carbocycles. The Balaban J connectivity index is 2.21. The van der Waals surface area contributed by atoms with Crippen LogP contribution in [0.25, 0.3) is 0 Å². The van der Waals surface area contributed by atoms with Gasteiger partial charge in [0.05, 0.1) is 16.4 Å². The zero-order valence-electron chi connectivity index (χ0n) is 10.2. The van der Waals surface area contributed by atoms with Crippen molar-refractivity contribution in [3.63, 3.8) is 0 Å². The standard InChI is InChI=1S/C13H18ClFN2O/c14-10-7-13(12(16)8-11(10)15)17-5-1-3-9(17)4-2-6-18/h7-9,18H,1-6,16H2. The third-order valence-corrected chi connectivity index (χ3v) is 3.74. The minimum Gasteiger partial charge on any atom is -0.397 e. The second-order valence-electron chi connectivity index (χ2n) is 4.68. The molecule has 0 bridgehead atoms.